The third-order valence-corrected chi connectivity index (χ3v) is 3.25. The van der Waals surface area contributed by atoms with Crippen molar-refractivity contribution in [2.45, 2.75) is 46.1 Å². The summed E-state index contributed by atoms with van der Waals surface area (Å²) in [6.45, 7) is 8.12. The molecule has 0 amide bonds. The van der Waals surface area contributed by atoms with E-state index in [1.807, 2.05) is 13.8 Å². The number of carboxylic acid groups (broad SMARTS) is 1. The fourth-order valence-electron chi connectivity index (χ4n) is 1.13. The van der Waals surface area contributed by atoms with Gasteiger partial charge in [-0.3, -0.25) is 4.79 Å². The minimum absolute atomic E-state index is 0.185. The Kier molecular flexibility index (Phi) is 5.24. The number of hydrogen-bond acceptors (Lipinski definition) is 3. The SMILES string of the molecule is CC(C)(NCCCCO)C(C)(C)C(=O)O. The molecular weight excluding hydrogens is 194 g/mol. The molecule has 0 aromatic carbocycles. The molecule has 0 aromatic rings. The normalized spacial score (nSPS) is 12.9. The van der Waals surface area contributed by atoms with Crippen LogP contribution < -0.4 is 5.32 Å². The van der Waals surface area contributed by atoms with Gasteiger partial charge < -0.3 is 15.5 Å². The van der Waals surface area contributed by atoms with Gasteiger partial charge in [0.25, 0.3) is 0 Å². The third kappa shape index (κ3) is 3.80. The minimum atomic E-state index is -0.813. The fourth-order valence-corrected chi connectivity index (χ4v) is 1.13. The van der Waals surface area contributed by atoms with Crippen molar-refractivity contribution in [3.63, 3.8) is 0 Å². The van der Waals surface area contributed by atoms with Gasteiger partial charge in [0.2, 0.25) is 0 Å². The van der Waals surface area contributed by atoms with Gasteiger partial charge >= 0.3 is 5.97 Å². The number of hydrogen-bond donors (Lipinski definition) is 3. The number of carbonyl (C=O) groups is 1. The van der Waals surface area contributed by atoms with Gasteiger partial charge in [-0.1, -0.05) is 0 Å². The van der Waals surface area contributed by atoms with Gasteiger partial charge in [0, 0.05) is 12.1 Å². The number of aliphatic carboxylic acids is 1. The summed E-state index contributed by atoms with van der Waals surface area (Å²) < 4.78 is 0. The quantitative estimate of drug-likeness (QED) is 0.561. The van der Waals surface area contributed by atoms with E-state index < -0.39 is 16.9 Å². The van der Waals surface area contributed by atoms with Gasteiger partial charge in [-0.15, -0.1) is 0 Å². The number of unbranched alkanes of at least 4 members (excludes halogenated alkanes) is 1. The molecule has 0 aliphatic heterocycles. The number of aliphatic hydroxyl groups excluding tert-OH is 1. The van der Waals surface area contributed by atoms with Gasteiger partial charge in [0.1, 0.15) is 0 Å². The molecule has 0 heterocycles. The zero-order valence-electron chi connectivity index (χ0n) is 10.1. The molecule has 4 heteroatoms. The number of nitrogens with one attached hydrogen (secondary N) is 1. The van der Waals surface area contributed by atoms with Crippen molar-refractivity contribution in [2.75, 3.05) is 13.2 Å². The maximum atomic E-state index is 11.1. The van der Waals surface area contributed by atoms with E-state index in [4.69, 9.17) is 10.2 Å². The molecule has 0 fully saturated rings. The van der Waals surface area contributed by atoms with Crippen molar-refractivity contribution in [3.8, 4) is 0 Å². The second-order valence-corrected chi connectivity index (χ2v) is 4.91. The van der Waals surface area contributed by atoms with E-state index in [9.17, 15) is 4.79 Å². The molecule has 0 aliphatic rings. The van der Waals surface area contributed by atoms with E-state index in [-0.39, 0.29) is 6.61 Å². The van der Waals surface area contributed by atoms with Crippen LogP contribution in [0.2, 0.25) is 0 Å². The summed E-state index contributed by atoms with van der Waals surface area (Å²) in [6.07, 6.45) is 1.60. The third-order valence-electron chi connectivity index (χ3n) is 3.25. The van der Waals surface area contributed by atoms with Gasteiger partial charge in [0.15, 0.2) is 0 Å². The molecule has 0 unspecified atom stereocenters. The number of rotatable bonds is 7. The van der Waals surface area contributed by atoms with Crippen molar-refractivity contribution >= 4 is 5.97 Å². The fraction of sp³-hybridized carbons (Fsp3) is 0.909. The lowest BCUT2D eigenvalue weighted by Gasteiger charge is -2.39. The maximum absolute atomic E-state index is 11.1. The predicted molar refractivity (Wildman–Crippen MR) is 59.8 cm³/mol. The molecule has 0 aliphatic carbocycles. The second-order valence-electron chi connectivity index (χ2n) is 4.91. The van der Waals surface area contributed by atoms with Crippen LogP contribution in [0.15, 0.2) is 0 Å². The Morgan fingerprint density at radius 2 is 1.73 bits per heavy atom. The second kappa shape index (κ2) is 5.47. The highest BCUT2D eigenvalue weighted by atomic mass is 16.4. The topological polar surface area (TPSA) is 69.6 Å². The molecule has 0 rings (SSSR count). The molecule has 3 N–H and O–H groups in total. The Balaban J connectivity index is 4.22. The summed E-state index contributed by atoms with van der Waals surface area (Å²) in [5.41, 5.74) is -1.28. The largest absolute Gasteiger partial charge is 0.481 e. The molecule has 15 heavy (non-hydrogen) atoms. The molecule has 0 aromatic heterocycles. The van der Waals surface area contributed by atoms with E-state index in [2.05, 4.69) is 5.32 Å². The minimum Gasteiger partial charge on any atom is -0.481 e. The van der Waals surface area contributed by atoms with Crippen LogP contribution in [0.1, 0.15) is 40.5 Å². The standard InChI is InChI=1S/C11H23NO3/c1-10(2,9(14)15)11(3,4)12-7-5-6-8-13/h12-13H,5-8H2,1-4H3,(H,14,15). The van der Waals surface area contributed by atoms with E-state index >= 15 is 0 Å². The Bertz CT molecular complexity index is 212. The summed E-state index contributed by atoms with van der Waals surface area (Å²) in [4.78, 5) is 11.1. The first kappa shape index (κ1) is 14.4. The highest BCUT2D eigenvalue weighted by molar-refractivity contribution is 5.75. The number of aliphatic hydroxyl groups is 1. The van der Waals surface area contributed by atoms with E-state index in [1.54, 1.807) is 13.8 Å². The Hall–Kier alpha value is -0.610. The zero-order valence-corrected chi connectivity index (χ0v) is 10.1. The highest BCUT2D eigenvalue weighted by Gasteiger charge is 2.42. The average molecular weight is 217 g/mol. The molecular formula is C11H23NO3. The van der Waals surface area contributed by atoms with Crippen molar-refractivity contribution in [3.05, 3.63) is 0 Å². The van der Waals surface area contributed by atoms with E-state index in [1.165, 1.54) is 0 Å². The molecule has 90 valence electrons. The molecule has 4 nitrogen and oxygen atoms in total. The first-order valence-electron chi connectivity index (χ1n) is 5.35. The lowest BCUT2D eigenvalue weighted by atomic mass is 9.74. The first-order valence-corrected chi connectivity index (χ1v) is 5.35. The van der Waals surface area contributed by atoms with Crippen molar-refractivity contribution in [1.29, 1.82) is 0 Å². The lowest BCUT2D eigenvalue weighted by molar-refractivity contribution is -0.151. The predicted octanol–water partition coefficient (Wildman–Crippen LogP) is 1.24. The summed E-state index contributed by atoms with van der Waals surface area (Å²) in [5, 5.41) is 20.9. The summed E-state index contributed by atoms with van der Waals surface area (Å²) in [5.74, 6) is -0.804. The van der Waals surface area contributed by atoms with Crippen molar-refractivity contribution in [1.82, 2.24) is 5.32 Å². The molecule has 0 saturated carbocycles. The summed E-state index contributed by atoms with van der Waals surface area (Å²) >= 11 is 0. The lowest BCUT2D eigenvalue weighted by Crippen LogP contribution is -2.55. The average Bonchev–Trinajstić information content (AvgIpc) is 2.12. The summed E-state index contributed by atoms with van der Waals surface area (Å²) in [6, 6.07) is 0. The van der Waals surface area contributed by atoms with Crippen LogP contribution in [0.3, 0.4) is 0 Å². The van der Waals surface area contributed by atoms with Gasteiger partial charge in [-0.2, -0.15) is 0 Å². The van der Waals surface area contributed by atoms with Crippen LogP contribution in [0.25, 0.3) is 0 Å². The zero-order chi connectivity index (χ0) is 12.1. The summed E-state index contributed by atoms with van der Waals surface area (Å²) in [7, 11) is 0. The van der Waals surface area contributed by atoms with Gasteiger partial charge in [0.05, 0.1) is 5.41 Å². The molecule has 0 spiro atoms. The van der Waals surface area contributed by atoms with Crippen LogP contribution in [0, 0.1) is 5.41 Å². The van der Waals surface area contributed by atoms with E-state index in [0.717, 1.165) is 19.4 Å². The smallest absolute Gasteiger partial charge is 0.310 e. The Morgan fingerprint density at radius 3 is 2.13 bits per heavy atom. The van der Waals surface area contributed by atoms with Crippen LogP contribution in [0.5, 0.6) is 0 Å². The van der Waals surface area contributed by atoms with Crippen LogP contribution in [-0.2, 0) is 4.79 Å². The first-order chi connectivity index (χ1) is 6.75. The number of carboxylic acids is 1. The molecule has 0 atom stereocenters. The van der Waals surface area contributed by atoms with E-state index in [0.29, 0.717) is 0 Å². The van der Waals surface area contributed by atoms with Crippen LogP contribution in [0.4, 0.5) is 0 Å². The van der Waals surface area contributed by atoms with Crippen molar-refractivity contribution < 1.29 is 15.0 Å². The molecule has 0 saturated heterocycles. The Morgan fingerprint density at radius 1 is 1.20 bits per heavy atom. The van der Waals surface area contributed by atoms with Gasteiger partial charge in [-0.05, 0) is 47.1 Å². The Labute approximate surface area is 91.7 Å². The molecule has 0 radical (unpaired) electrons. The van der Waals surface area contributed by atoms with Crippen LogP contribution >= 0.6 is 0 Å². The van der Waals surface area contributed by atoms with Crippen molar-refractivity contribution in [2.24, 2.45) is 5.41 Å². The maximum Gasteiger partial charge on any atom is 0.310 e. The highest BCUT2D eigenvalue weighted by Crippen LogP contribution is 2.30. The van der Waals surface area contributed by atoms with Gasteiger partial charge in [-0.25, -0.2) is 0 Å². The molecule has 0 bridgehead atoms. The monoisotopic (exact) mass is 217 g/mol. The van der Waals surface area contributed by atoms with Crippen LogP contribution in [-0.4, -0.2) is 34.9 Å².